The third-order valence-corrected chi connectivity index (χ3v) is 7.62. The number of rotatable bonds is 4. The molecule has 0 N–H and O–H groups in total. The first kappa shape index (κ1) is 20.3. The highest BCUT2D eigenvalue weighted by Gasteiger charge is 2.28. The average molecular weight is 433 g/mol. The maximum Gasteiger partial charge on any atom is 0.243 e. The minimum Gasteiger partial charge on any atom is -0.305 e. The van der Waals surface area contributed by atoms with E-state index in [4.69, 9.17) is 11.6 Å². The zero-order valence-corrected chi connectivity index (χ0v) is 18.2. The Morgan fingerprint density at radius 3 is 2.69 bits per heavy atom. The lowest BCUT2D eigenvalue weighted by Crippen LogP contribution is -2.35. The van der Waals surface area contributed by atoms with Crippen molar-refractivity contribution in [1.29, 1.82) is 0 Å². The molecule has 1 saturated heterocycles. The summed E-state index contributed by atoms with van der Waals surface area (Å²) in [5, 5.41) is 0.670. The van der Waals surface area contributed by atoms with Crippen molar-refractivity contribution in [3.63, 3.8) is 0 Å². The van der Waals surface area contributed by atoms with Crippen LogP contribution in [0.1, 0.15) is 23.2 Å². The van der Waals surface area contributed by atoms with E-state index >= 15 is 0 Å². The Labute approximate surface area is 176 Å². The summed E-state index contributed by atoms with van der Waals surface area (Å²) in [6, 6.07) is 9.32. The molecule has 1 aliphatic heterocycles. The molecule has 0 bridgehead atoms. The first-order valence-electron chi connectivity index (χ1n) is 9.76. The number of hydrogen-bond donors (Lipinski definition) is 0. The van der Waals surface area contributed by atoms with Gasteiger partial charge in [-0.1, -0.05) is 23.7 Å². The average Bonchev–Trinajstić information content (AvgIpc) is 2.90. The second kappa shape index (κ2) is 8.07. The van der Waals surface area contributed by atoms with Crippen molar-refractivity contribution in [2.24, 2.45) is 0 Å². The van der Waals surface area contributed by atoms with E-state index < -0.39 is 10.0 Å². The van der Waals surface area contributed by atoms with Crippen molar-refractivity contribution in [3.05, 3.63) is 64.6 Å². The molecule has 0 saturated carbocycles. The van der Waals surface area contributed by atoms with Crippen LogP contribution in [0.2, 0.25) is 5.02 Å². The number of sulfonamides is 1. The molecule has 0 aliphatic carbocycles. The van der Waals surface area contributed by atoms with Crippen molar-refractivity contribution in [2.75, 3.05) is 26.2 Å². The SMILES string of the molecule is Cc1ccc(C)c(S(=O)(=O)N2CCCN(Cc3cn4cc(Cl)ccc4n3)CC2)c1. The number of aryl methyl sites for hydroxylation is 2. The minimum atomic E-state index is -3.49. The molecule has 0 amide bonds. The number of pyridine rings is 1. The van der Waals surface area contributed by atoms with E-state index in [2.05, 4.69) is 9.88 Å². The maximum atomic E-state index is 13.2. The molecule has 3 heterocycles. The Hall–Kier alpha value is -1.93. The van der Waals surface area contributed by atoms with Crippen LogP contribution >= 0.6 is 11.6 Å². The molecular formula is C21H25ClN4O2S. The van der Waals surface area contributed by atoms with Crippen LogP contribution in [0.15, 0.2) is 47.6 Å². The van der Waals surface area contributed by atoms with E-state index in [1.807, 2.05) is 54.9 Å². The summed E-state index contributed by atoms with van der Waals surface area (Å²) in [6.45, 7) is 7.00. The fourth-order valence-electron chi connectivity index (χ4n) is 3.79. The third kappa shape index (κ3) is 4.33. The number of hydrogen-bond acceptors (Lipinski definition) is 4. The van der Waals surface area contributed by atoms with Crippen molar-refractivity contribution >= 4 is 27.3 Å². The standard InChI is InChI=1S/C21H25ClN4O2S/c1-16-4-5-17(2)20(12-16)29(27,28)26-9-3-8-24(10-11-26)14-19-15-25-13-18(22)6-7-21(25)23-19/h4-7,12-13,15H,3,8-11,14H2,1-2H3. The molecule has 8 heteroatoms. The van der Waals surface area contributed by atoms with Crippen molar-refractivity contribution in [3.8, 4) is 0 Å². The normalized spacial score (nSPS) is 16.9. The van der Waals surface area contributed by atoms with Crippen LogP contribution in [-0.4, -0.2) is 53.2 Å². The molecule has 6 nitrogen and oxygen atoms in total. The Bertz CT molecular complexity index is 1140. The topological polar surface area (TPSA) is 57.9 Å². The van der Waals surface area contributed by atoms with Gasteiger partial charge in [-0.15, -0.1) is 0 Å². The van der Waals surface area contributed by atoms with Gasteiger partial charge in [0.1, 0.15) is 5.65 Å². The molecule has 1 aliphatic rings. The summed E-state index contributed by atoms with van der Waals surface area (Å²) < 4.78 is 30.0. The van der Waals surface area contributed by atoms with E-state index in [9.17, 15) is 8.42 Å². The molecule has 0 radical (unpaired) electrons. The molecule has 0 atom stereocenters. The predicted molar refractivity (Wildman–Crippen MR) is 115 cm³/mol. The molecule has 0 unspecified atom stereocenters. The second-order valence-corrected chi connectivity index (χ2v) is 9.99. The Kier molecular flexibility index (Phi) is 5.66. The molecule has 3 aromatic rings. The van der Waals surface area contributed by atoms with Crippen LogP contribution < -0.4 is 0 Å². The largest absolute Gasteiger partial charge is 0.305 e. The highest BCUT2D eigenvalue weighted by molar-refractivity contribution is 7.89. The Morgan fingerprint density at radius 2 is 1.86 bits per heavy atom. The summed E-state index contributed by atoms with van der Waals surface area (Å²) in [7, 11) is -3.49. The molecule has 4 rings (SSSR count). The van der Waals surface area contributed by atoms with Gasteiger partial charge >= 0.3 is 0 Å². The van der Waals surface area contributed by atoms with Gasteiger partial charge in [0.15, 0.2) is 0 Å². The number of aromatic nitrogens is 2. The van der Waals surface area contributed by atoms with Crippen LogP contribution in [-0.2, 0) is 16.6 Å². The van der Waals surface area contributed by atoms with Gasteiger partial charge in [-0.3, -0.25) is 4.90 Å². The fourth-order valence-corrected chi connectivity index (χ4v) is 5.74. The molecule has 29 heavy (non-hydrogen) atoms. The molecule has 0 spiro atoms. The van der Waals surface area contributed by atoms with Gasteiger partial charge in [0.05, 0.1) is 15.6 Å². The highest BCUT2D eigenvalue weighted by atomic mass is 35.5. The zero-order valence-electron chi connectivity index (χ0n) is 16.7. The molecule has 154 valence electrons. The zero-order chi connectivity index (χ0) is 20.6. The van der Waals surface area contributed by atoms with Crippen LogP contribution in [0, 0.1) is 13.8 Å². The lowest BCUT2D eigenvalue weighted by atomic mass is 10.2. The Morgan fingerprint density at radius 1 is 1.03 bits per heavy atom. The summed E-state index contributed by atoms with van der Waals surface area (Å²) in [6.07, 6.45) is 4.62. The van der Waals surface area contributed by atoms with Gasteiger partial charge in [0, 0.05) is 38.6 Å². The lowest BCUT2D eigenvalue weighted by molar-refractivity contribution is 0.276. The van der Waals surface area contributed by atoms with Gasteiger partial charge in [0.25, 0.3) is 0 Å². The van der Waals surface area contributed by atoms with E-state index in [0.29, 0.717) is 36.1 Å². The summed E-state index contributed by atoms with van der Waals surface area (Å²) in [4.78, 5) is 7.33. The van der Waals surface area contributed by atoms with Crippen LogP contribution in [0.25, 0.3) is 5.65 Å². The summed E-state index contributed by atoms with van der Waals surface area (Å²) in [5.74, 6) is 0. The van der Waals surface area contributed by atoms with Gasteiger partial charge in [0.2, 0.25) is 10.0 Å². The van der Waals surface area contributed by atoms with Crippen LogP contribution in [0.5, 0.6) is 0 Å². The second-order valence-electron chi connectivity index (χ2n) is 7.65. The van der Waals surface area contributed by atoms with E-state index in [1.54, 1.807) is 10.4 Å². The fraction of sp³-hybridized carbons (Fsp3) is 0.381. The third-order valence-electron chi connectivity index (χ3n) is 5.36. The summed E-state index contributed by atoms with van der Waals surface area (Å²) in [5.41, 5.74) is 3.56. The monoisotopic (exact) mass is 432 g/mol. The number of imidazole rings is 1. The predicted octanol–water partition coefficient (Wildman–Crippen LogP) is 3.50. The van der Waals surface area contributed by atoms with Crippen molar-refractivity contribution in [1.82, 2.24) is 18.6 Å². The summed E-state index contributed by atoms with van der Waals surface area (Å²) >= 11 is 6.05. The smallest absolute Gasteiger partial charge is 0.243 e. The highest BCUT2D eigenvalue weighted by Crippen LogP contribution is 2.23. The quantitative estimate of drug-likeness (QED) is 0.633. The van der Waals surface area contributed by atoms with Crippen LogP contribution in [0.4, 0.5) is 0 Å². The molecule has 1 fully saturated rings. The van der Waals surface area contributed by atoms with E-state index in [0.717, 1.165) is 35.4 Å². The van der Waals surface area contributed by atoms with E-state index in [1.165, 1.54) is 0 Å². The number of benzene rings is 1. The molecule has 1 aromatic carbocycles. The Balaban J connectivity index is 1.48. The van der Waals surface area contributed by atoms with Gasteiger partial charge in [-0.05, 0) is 56.1 Å². The number of nitrogens with zero attached hydrogens (tertiary/aromatic N) is 4. The maximum absolute atomic E-state index is 13.2. The van der Waals surface area contributed by atoms with Crippen molar-refractivity contribution < 1.29 is 8.42 Å². The minimum absolute atomic E-state index is 0.420. The number of fused-ring (bicyclic) bond motifs is 1. The first-order valence-corrected chi connectivity index (χ1v) is 11.6. The molecular weight excluding hydrogens is 408 g/mol. The van der Waals surface area contributed by atoms with Gasteiger partial charge in [-0.2, -0.15) is 4.31 Å². The van der Waals surface area contributed by atoms with E-state index in [-0.39, 0.29) is 0 Å². The first-order chi connectivity index (χ1) is 13.8. The van der Waals surface area contributed by atoms with Crippen molar-refractivity contribution in [2.45, 2.75) is 31.7 Å². The van der Waals surface area contributed by atoms with Crippen LogP contribution in [0.3, 0.4) is 0 Å². The van der Waals surface area contributed by atoms with Gasteiger partial charge in [-0.25, -0.2) is 13.4 Å². The lowest BCUT2D eigenvalue weighted by Gasteiger charge is -2.22. The number of halogens is 1. The van der Waals surface area contributed by atoms with Gasteiger partial charge < -0.3 is 4.40 Å². The molecule has 2 aromatic heterocycles.